The number of rotatable bonds is 5. The Bertz CT molecular complexity index is 963. The summed E-state index contributed by atoms with van der Waals surface area (Å²) in [6, 6.07) is 3.83. The molecule has 7 nitrogen and oxygen atoms in total. The molecule has 0 spiro atoms. The summed E-state index contributed by atoms with van der Waals surface area (Å²) in [4.78, 5) is 19.1. The Balaban J connectivity index is 1.55. The lowest BCUT2D eigenvalue weighted by molar-refractivity contribution is 0.0850. The Morgan fingerprint density at radius 2 is 2.19 bits per heavy atom. The molecule has 27 heavy (non-hydrogen) atoms. The molecule has 1 atom stereocenters. The Morgan fingerprint density at radius 1 is 1.30 bits per heavy atom. The van der Waals surface area contributed by atoms with Crippen LogP contribution < -0.4 is 5.32 Å². The van der Waals surface area contributed by atoms with E-state index in [4.69, 9.17) is 9.26 Å². The normalized spacial score (nSPS) is 16.6. The minimum absolute atomic E-state index is 0.00485. The van der Waals surface area contributed by atoms with Gasteiger partial charge in [-0.15, -0.1) is 0 Å². The van der Waals surface area contributed by atoms with Gasteiger partial charge < -0.3 is 19.6 Å². The topological polar surface area (TPSA) is 93.0 Å². The summed E-state index contributed by atoms with van der Waals surface area (Å²) in [6.45, 7) is 1.10. The molecular formula is C18H16F2N4O3. The Kier molecular flexibility index (Phi) is 4.68. The quantitative estimate of drug-likeness (QED) is 0.716. The molecule has 4 rings (SSSR count). The molecule has 0 unspecified atom stereocenters. The van der Waals surface area contributed by atoms with Crippen LogP contribution in [0.2, 0.25) is 0 Å². The molecule has 0 bridgehead atoms. The molecule has 0 radical (unpaired) electrons. The second kappa shape index (κ2) is 7.28. The maximum atomic E-state index is 14.1. The fourth-order valence-corrected chi connectivity index (χ4v) is 2.99. The zero-order valence-electron chi connectivity index (χ0n) is 14.2. The van der Waals surface area contributed by atoms with E-state index in [2.05, 4.69) is 20.4 Å². The van der Waals surface area contributed by atoms with Crippen molar-refractivity contribution in [3.05, 3.63) is 48.1 Å². The maximum absolute atomic E-state index is 14.1. The van der Waals surface area contributed by atoms with Gasteiger partial charge in [-0.2, -0.15) is 0 Å². The SMILES string of the molecule is O=C(NC[C@@H]1CCCO1)c1ncc(-c2oncc2-c2cccc(F)c2F)[nH]1. The first-order valence-corrected chi connectivity index (χ1v) is 8.47. The van der Waals surface area contributed by atoms with Gasteiger partial charge in [-0.05, 0) is 18.9 Å². The molecule has 2 N–H and O–H groups in total. The van der Waals surface area contributed by atoms with Gasteiger partial charge in [-0.25, -0.2) is 13.8 Å². The Hall–Kier alpha value is -3.07. The predicted molar refractivity (Wildman–Crippen MR) is 90.7 cm³/mol. The van der Waals surface area contributed by atoms with E-state index in [-0.39, 0.29) is 28.8 Å². The molecule has 0 aliphatic carbocycles. The van der Waals surface area contributed by atoms with Gasteiger partial charge in [0, 0.05) is 18.7 Å². The van der Waals surface area contributed by atoms with E-state index < -0.39 is 17.5 Å². The van der Waals surface area contributed by atoms with Crippen LogP contribution in [0.3, 0.4) is 0 Å². The summed E-state index contributed by atoms with van der Waals surface area (Å²) in [5.74, 6) is -2.14. The van der Waals surface area contributed by atoms with E-state index in [9.17, 15) is 13.6 Å². The van der Waals surface area contributed by atoms with Crippen molar-refractivity contribution in [1.82, 2.24) is 20.4 Å². The van der Waals surface area contributed by atoms with Crippen molar-refractivity contribution in [2.24, 2.45) is 0 Å². The van der Waals surface area contributed by atoms with E-state index in [1.165, 1.54) is 24.5 Å². The largest absolute Gasteiger partial charge is 0.376 e. The summed E-state index contributed by atoms with van der Waals surface area (Å²) in [6.07, 6.45) is 4.56. The van der Waals surface area contributed by atoms with E-state index in [1.807, 2.05) is 0 Å². The first-order valence-electron chi connectivity index (χ1n) is 8.47. The smallest absolute Gasteiger partial charge is 0.287 e. The lowest BCUT2D eigenvalue weighted by Gasteiger charge is -2.09. The van der Waals surface area contributed by atoms with E-state index in [1.54, 1.807) is 0 Å². The van der Waals surface area contributed by atoms with Crippen LogP contribution in [0.25, 0.3) is 22.6 Å². The average Bonchev–Trinajstić information content (AvgIpc) is 3.42. The molecule has 2 aromatic heterocycles. The Labute approximate surface area is 152 Å². The van der Waals surface area contributed by atoms with Crippen molar-refractivity contribution in [2.45, 2.75) is 18.9 Å². The molecule has 0 saturated carbocycles. The molecule has 1 aliphatic rings. The number of imidazole rings is 1. The van der Waals surface area contributed by atoms with E-state index >= 15 is 0 Å². The monoisotopic (exact) mass is 374 g/mol. The summed E-state index contributed by atoms with van der Waals surface area (Å²) in [5, 5.41) is 6.41. The second-order valence-corrected chi connectivity index (χ2v) is 6.16. The molecule has 1 fully saturated rings. The molecule has 3 heterocycles. The standard InChI is InChI=1S/C18H16F2N4O3/c19-13-5-1-4-11(15(13)20)12-8-23-27-16(12)14-9-21-17(24-14)18(25)22-7-10-3-2-6-26-10/h1,4-5,8-10H,2-3,6-7H2,(H,21,24)(H,22,25)/t10-/m0/s1. The number of H-pyrrole nitrogens is 1. The van der Waals surface area contributed by atoms with Crippen LogP contribution >= 0.6 is 0 Å². The number of hydrogen-bond acceptors (Lipinski definition) is 5. The summed E-state index contributed by atoms with van der Waals surface area (Å²) in [7, 11) is 0. The first kappa shape index (κ1) is 17.3. The number of halogens is 2. The number of aromatic amines is 1. The molecular weight excluding hydrogens is 358 g/mol. The number of hydrogen-bond donors (Lipinski definition) is 2. The molecule has 1 saturated heterocycles. The number of amides is 1. The van der Waals surface area contributed by atoms with Gasteiger partial charge in [0.15, 0.2) is 23.2 Å². The molecule has 9 heteroatoms. The number of benzene rings is 1. The van der Waals surface area contributed by atoms with E-state index in [0.29, 0.717) is 18.8 Å². The third kappa shape index (κ3) is 3.45. The number of carbonyl (C=O) groups excluding carboxylic acids is 1. The van der Waals surface area contributed by atoms with Crippen LogP contribution in [0, 0.1) is 11.6 Å². The van der Waals surface area contributed by atoms with E-state index in [0.717, 1.165) is 18.9 Å². The van der Waals surface area contributed by atoms with Crippen LogP contribution in [0.1, 0.15) is 23.5 Å². The lowest BCUT2D eigenvalue weighted by atomic mass is 10.1. The molecule has 3 aromatic rings. The van der Waals surface area contributed by atoms with Crippen LogP contribution in [-0.4, -0.2) is 40.3 Å². The first-order chi connectivity index (χ1) is 13.1. The van der Waals surface area contributed by atoms with Crippen LogP contribution in [0.5, 0.6) is 0 Å². The number of carbonyl (C=O) groups is 1. The van der Waals surface area contributed by atoms with Gasteiger partial charge >= 0.3 is 0 Å². The third-order valence-electron chi connectivity index (χ3n) is 4.36. The molecule has 1 amide bonds. The predicted octanol–water partition coefficient (Wildman–Crippen LogP) is 2.92. The van der Waals surface area contributed by atoms with Gasteiger partial charge in [-0.1, -0.05) is 17.3 Å². The third-order valence-corrected chi connectivity index (χ3v) is 4.36. The van der Waals surface area contributed by atoms with Crippen LogP contribution in [-0.2, 0) is 4.74 Å². The van der Waals surface area contributed by atoms with Crippen molar-refractivity contribution in [3.8, 4) is 22.6 Å². The zero-order valence-corrected chi connectivity index (χ0v) is 14.2. The highest BCUT2D eigenvalue weighted by atomic mass is 19.2. The fraction of sp³-hybridized carbons (Fsp3) is 0.278. The van der Waals surface area contributed by atoms with Gasteiger partial charge in [-0.3, -0.25) is 4.79 Å². The zero-order chi connectivity index (χ0) is 18.8. The second-order valence-electron chi connectivity index (χ2n) is 6.16. The fourth-order valence-electron chi connectivity index (χ4n) is 2.99. The van der Waals surface area contributed by atoms with Crippen LogP contribution in [0.15, 0.2) is 35.1 Å². The number of nitrogens with zero attached hydrogens (tertiary/aromatic N) is 2. The number of nitrogens with one attached hydrogen (secondary N) is 2. The Morgan fingerprint density at radius 3 is 3.00 bits per heavy atom. The highest BCUT2D eigenvalue weighted by Gasteiger charge is 2.22. The summed E-state index contributed by atoms with van der Waals surface area (Å²) >= 11 is 0. The minimum Gasteiger partial charge on any atom is -0.376 e. The average molecular weight is 374 g/mol. The lowest BCUT2D eigenvalue weighted by Crippen LogP contribution is -2.32. The van der Waals surface area contributed by atoms with Crippen molar-refractivity contribution < 1.29 is 22.8 Å². The summed E-state index contributed by atoms with van der Waals surface area (Å²) in [5.41, 5.74) is 0.584. The van der Waals surface area contributed by atoms with Crippen molar-refractivity contribution in [2.75, 3.05) is 13.2 Å². The molecule has 1 aromatic carbocycles. The van der Waals surface area contributed by atoms with Gasteiger partial charge in [0.25, 0.3) is 5.91 Å². The number of ether oxygens (including phenoxy) is 1. The summed E-state index contributed by atoms with van der Waals surface area (Å²) < 4.78 is 38.2. The van der Waals surface area contributed by atoms with Crippen LogP contribution in [0.4, 0.5) is 8.78 Å². The number of aromatic nitrogens is 3. The molecule has 1 aliphatic heterocycles. The highest BCUT2D eigenvalue weighted by molar-refractivity contribution is 5.91. The van der Waals surface area contributed by atoms with Gasteiger partial charge in [0.2, 0.25) is 0 Å². The maximum Gasteiger partial charge on any atom is 0.287 e. The highest BCUT2D eigenvalue weighted by Crippen LogP contribution is 2.33. The minimum atomic E-state index is -1.00. The molecule has 140 valence electrons. The van der Waals surface area contributed by atoms with Gasteiger partial charge in [0.05, 0.1) is 24.1 Å². The van der Waals surface area contributed by atoms with Gasteiger partial charge in [0.1, 0.15) is 5.69 Å². The van der Waals surface area contributed by atoms with Crippen molar-refractivity contribution >= 4 is 5.91 Å². The van der Waals surface area contributed by atoms with Crippen molar-refractivity contribution in [1.29, 1.82) is 0 Å². The van der Waals surface area contributed by atoms with Crippen molar-refractivity contribution in [3.63, 3.8) is 0 Å².